The molecule has 1 aromatic carbocycles. The van der Waals surface area contributed by atoms with Gasteiger partial charge in [-0.15, -0.1) is 0 Å². The van der Waals surface area contributed by atoms with Crippen molar-refractivity contribution in [3.05, 3.63) is 42.1 Å². The van der Waals surface area contributed by atoms with Gasteiger partial charge in [0.15, 0.2) is 5.54 Å². The molecule has 4 heteroatoms. The van der Waals surface area contributed by atoms with Crippen molar-refractivity contribution in [3.63, 3.8) is 0 Å². The fourth-order valence-corrected chi connectivity index (χ4v) is 1.73. The minimum atomic E-state index is -1.04. The Kier molecular flexibility index (Phi) is 2.95. The number of carboxylic acids is 1. The van der Waals surface area contributed by atoms with Crippen molar-refractivity contribution in [1.82, 2.24) is 9.78 Å². The van der Waals surface area contributed by atoms with Gasteiger partial charge in [0, 0.05) is 11.8 Å². The van der Waals surface area contributed by atoms with Gasteiger partial charge >= 0.3 is 5.97 Å². The first-order valence-electron chi connectivity index (χ1n) is 5.78. The van der Waals surface area contributed by atoms with Crippen molar-refractivity contribution in [1.29, 1.82) is 0 Å². The lowest BCUT2D eigenvalue weighted by atomic mass is 10.1. The van der Waals surface area contributed by atoms with Crippen molar-refractivity contribution in [2.75, 3.05) is 0 Å². The lowest BCUT2D eigenvalue weighted by molar-refractivity contribution is -0.146. The van der Waals surface area contributed by atoms with Crippen LogP contribution in [0.2, 0.25) is 0 Å². The number of rotatable bonds is 3. The average Bonchev–Trinajstić information content (AvgIpc) is 2.73. The second-order valence-electron chi connectivity index (χ2n) is 4.84. The standard InChI is InChI=1S/C14H16N2O2/c1-10-9-16(14(2,3)13(17)18)15-12(10)11-7-5-4-6-8-11/h4-9H,1-3H3,(H,17,18). The van der Waals surface area contributed by atoms with E-state index in [-0.39, 0.29) is 0 Å². The summed E-state index contributed by atoms with van der Waals surface area (Å²) in [6, 6.07) is 9.75. The van der Waals surface area contributed by atoms with Crippen molar-refractivity contribution >= 4 is 5.97 Å². The number of aliphatic carboxylic acids is 1. The first-order chi connectivity index (χ1) is 8.43. The van der Waals surface area contributed by atoms with Crippen molar-refractivity contribution < 1.29 is 9.90 Å². The third kappa shape index (κ3) is 2.01. The van der Waals surface area contributed by atoms with E-state index in [1.807, 2.05) is 37.3 Å². The van der Waals surface area contributed by atoms with Gasteiger partial charge in [-0.05, 0) is 26.3 Å². The van der Waals surface area contributed by atoms with E-state index >= 15 is 0 Å². The summed E-state index contributed by atoms with van der Waals surface area (Å²) in [6.07, 6.45) is 1.77. The van der Waals surface area contributed by atoms with Crippen LogP contribution in [0.1, 0.15) is 19.4 Å². The molecule has 0 spiro atoms. The normalized spacial score (nSPS) is 11.5. The maximum Gasteiger partial charge on any atom is 0.331 e. The highest BCUT2D eigenvalue weighted by Crippen LogP contribution is 2.24. The highest BCUT2D eigenvalue weighted by molar-refractivity contribution is 5.75. The largest absolute Gasteiger partial charge is 0.479 e. The molecule has 18 heavy (non-hydrogen) atoms. The van der Waals surface area contributed by atoms with Crippen LogP contribution in [0.5, 0.6) is 0 Å². The first kappa shape index (κ1) is 12.4. The van der Waals surface area contributed by atoms with Crippen LogP contribution >= 0.6 is 0 Å². The average molecular weight is 244 g/mol. The zero-order valence-electron chi connectivity index (χ0n) is 10.7. The van der Waals surface area contributed by atoms with E-state index in [4.69, 9.17) is 0 Å². The summed E-state index contributed by atoms with van der Waals surface area (Å²) < 4.78 is 1.51. The van der Waals surface area contributed by atoms with Crippen LogP contribution in [0, 0.1) is 6.92 Å². The number of carbonyl (C=O) groups is 1. The molecule has 0 aliphatic heterocycles. The summed E-state index contributed by atoms with van der Waals surface area (Å²) in [6.45, 7) is 5.21. The topological polar surface area (TPSA) is 55.1 Å². The zero-order chi connectivity index (χ0) is 13.3. The molecule has 0 aliphatic rings. The van der Waals surface area contributed by atoms with Gasteiger partial charge in [-0.2, -0.15) is 5.10 Å². The Hall–Kier alpha value is -2.10. The second kappa shape index (κ2) is 4.29. The van der Waals surface area contributed by atoms with Crippen molar-refractivity contribution in [2.45, 2.75) is 26.3 Å². The smallest absolute Gasteiger partial charge is 0.331 e. The molecule has 4 nitrogen and oxygen atoms in total. The van der Waals surface area contributed by atoms with Gasteiger partial charge < -0.3 is 5.11 Å². The zero-order valence-corrected chi connectivity index (χ0v) is 10.7. The number of aromatic nitrogens is 2. The molecule has 2 aromatic rings. The number of carboxylic acid groups (broad SMARTS) is 1. The molecule has 0 amide bonds. The van der Waals surface area contributed by atoms with Crippen LogP contribution in [0.4, 0.5) is 0 Å². The lowest BCUT2D eigenvalue weighted by Crippen LogP contribution is -2.36. The summed E-state index contributed by atoms with van der Waals surface area (Å²) in [5.74, 6) is -0.899. The Balaban J connectivity index is 2.49. The fourth-order valence-electron chi connectivity index (χ4n) is 1.73. The molecule has 0 bridgehead atoms. The van der Waals surface area contributed by atoms with Gasteiger partial charge in [-0.1, -0.05) is 30.3 Å². The summed E-state index contributed by atoms with van der Waals surface area (Å²) in [5.41, 5.74) is 1.74. The van der Waals surface area contributed by atoms with Crippen molar-refractivity contribution in [2.24, 2.45) is 0 Å². The van der Waals surface area contributed by atoms with Crippen LogP contribution in [0.25, 0.3) is 11.3 Å². The summed E-state index contributed by atoms with van der Waals surface area (Å²) in [5, 5.41) is 13.6. The molecule has 0 saturated carbocycles. The van der Waals surface area contributed by atoms with Crippen LogP contribution in [0.15, 0.2) is 36.5 Å². The Morgan fingerprint density at radius 3 is 2.44 bits per heavy atom. The van der Waals surface area contributed by atoms with E-state index in [0.29, 0.717) is 0 Å². The summed E-state index contributed by atoms with van der Waals surface area (Å²) in [7, 11) is 0. The van der Waals surface area contributed by atoms with E-state index in [1.54, 1.807) is 20.0 Å². The van der Waals surface area contributed by atoms with E-state index < -0.39 is 11.5 Å². The Morgan fingerprint density at radius 2 is 1.89 bits per heavy atom. The van der Waals surface area contributed by atoms with E-state index in [0.717, 1.165) is 16.8 Å². The number of aryl methyl sites for hydroxylation is 1. The molecule has 1 aromatic heterocycles. The molecule has 0 atom stereocenters. The predicted molar refractivity (Wildman–Crippen MR) is 69.4 cm³/mol. The van der Waals surface area contributed by atoms with Gasteiger partial charge in [0.1, 0.15) is 0 Å². The molecule has 94 valence electrons. The molecule has 0 saturated heterocycles. The molecule has 1 N–H and O–H groups in total. The van der Waals surface area contributed by atoms with Gasteiger partial charge in [-0.25, -0.2) is 4.79 Å². The third-order valence-electron chi connectivity index (χ3n) is 3.04. The lowest BCUT2D eigenvalue weighted by Gasteiger charge is -2.19. The highest BCUT2D eigenvalue weighted by atomic mass is 16.4. The molecule has 2 rings (SSSR count). The minimum Gasteiger partial charge on any atom is -0.479 e. The molecule has 0 radical (unpaired) electrons. The predicted octanol–water partition coefficient (Wildman–Crippen LogP) is 2.68. The Morgan fingerprint density at radius 1 is 1.28 bits per heavy atom. The summed E-state index contributed by atoms with van der Waals surface area (Å²) in [4.78, 5) is 11.2. The molecule has 0 aliphatic carbocycles. The summed E-state index contributed by atoms with van der Waals surface area (Å²) >= 11 is 0. The molecular weight excluding hydrogens is 228 g/mol. The Bertz CT molecular complexity index is 571. The maximum absolute atomic E-state index is 11.2. The van der Waals surface area contributed by atoms with Crippen molar-refractivity contribution in [3.8, 4) is 11.3 Å². The number of nitrogens with zero attached hydrogens (tertiary/aromatic N) is 2. The number of hydrogen-bond donors (Lipinski definition) is 1. The SMILES string of the molecule is Cc1cn(C(C)(C)C(=O)O)nc1-c1ccccc1. The van der Waals surface area contributed by atoms with E-state index in [9.17, 15) is 9.90 Å². The van der Waals surface area contributed by atoms with Gasteiger partial charge in [0.05, 0.1) is 5.69 Å². The highest BCUT2D eigenvalue weighted by Gasteiger charge is 2.30. The monoisotopic (exact) mass is 244 g/mol. The molecule has 0 unspecified atom stereocenters. The van der Waals surface area contributed by atoms with Crippen LogP contribution in [0.3, 0.4) is 0 Å². The fraction of sp³-hybridized carbons (Fsp3) is 0.286. The number of benzene rings is 1. The quantitative estimate of drug-likeness (QED) is 0.903. The van der Waals surface area contributed by atoms with E-state index in [2.05, 4.69) is 5.10 Å². The first-order valence-corrected chi connectivity index (χ1v) is 5.78. The molecule has 0 fully saturated rings. The minimum absolute atomic E-state index is 0.824. The van der Waals surface area contributed by atoms with Crippen LogP contribution < -0.4 is 0 Å². The van der Waals surface area contributed by atoms with E-state index in [1.165, 1.54) is 4.68 Å². The molecule has 1 heterocycles. The van der Waals surface area contributed by atoms with Crippen LogP contribution in [-0.4, -0.2) is 20.9 Å². The third-order valence-corrected chi connectivity index (χ3v) is 3.04. The van der Waals surface area contributed by atoms with Gasteiger partial charge in [-0.3, -0.25) is 4.68 Å². The van der Waals surface area contributed by atoms with Crippen LogP contribution in [-0.2, 0) is 10.3 Å². The maximum atomic E-state index is 11.2. The Labute approximate surface area is 106 Å². The van der Waals surface area contributed by atoms with Gasteiger partial charge in [0.25, 0.3) is 0 Å². The second-order valence-corrected chi connectivity index (χ2v) is 4.84. The molecular formula is C14H16N2O2. The van der Waals surface area contributed by atoms with Gasteiger partial charge in [0.2, 0.25) is 0 Å². The number of hydrogen-bond acceptors (Lipinski definition) is 2.